The van der Waals surface area contributed by atoms with E-state index in [9.17, 15) is 9.59 Å². The van der Waals surface area contributed by atoms with Crippen molar-refractivity contribution in [3.63, 3.8) is 0 Å². The standard InChI is InChI=1S/C13H10Cl2N2O3/c1-2-20-13(19)17-12(18)9(7-16)6-8-4-3-5-10(14)11(8)15/h3-6H,2H2,1H3,(H,17,18,19)/b9-6+. The second-order valence-electron chi connectivity index (χ2n) is 3.49. The lowest BCUT2D eigenvalue weighted by atomic mass is 10.1. The van der Waals surface area contributed by atoms with Gasteiger partial charge in [0.15, 0.2) is 0 Å². The number of alkyl carbamates (subject to hydrolysis) is 1. The average molecular weight is 313 g/mol. The van der Waals surface area contributed by atoms with Crippen LogP contribution in [0.2, 0.25) is 10.0 Å². The van der Waals surface area contributed by atoms with Crippen molar-refractivity contribution in [2.75, 3.05) is 6.61 Å². The van der Waals surface area contributed by atoms with Gasteiger partial charge in [0.1, 0.15) is 11.6 Å². The van der Waals surface area contributed by atoms with Crippen LogP contribution in [0.1, 0.15) is 12.5 Å². The fourth-order valence-corrected chi connectivity index (χ4v) is 1.63. The van der Waals surface area contributed by atoms with E-state index in [4.69, 9.17) is 28.5 Å². The molecule has 0 saturated carbocycles. The van der Waals surface area contributed by atoms with Gasteiger partial charge in [-0.15, -0.1) is 0 Å². The van der Waals surface area contributed by atoms with Crippen LogP contribution in [0.25, 0.3) is 6.08 Å². The molecule has 0 aliphatic rings. The van der Waals surface area contributed by atoms with E-state index in [1.165, 1.54) is 6.08 Å². The zero-order valence-corrected chi connectivity index (χ0v) is 12.0. The Morgan fingerprint density at radius 2 is 2.15 bits per heavy atom. The Hall–Kier alpha value is -2.03. The van der Waals surface area contributed by atoms with Gasteiger partial charge in [-0.05, 0) is 24.6 Å². The Morgan fingerprint density at radius 3 is 2.75 bits per heavy atom. The molecular weight excluding hydrogens is 303 g/mol. The third-order valence-electron chi connectivity index (χ3n) is 2.14. The van der Waals surface area contributed by atoms with Gasteiger partial charge in [-0.3, -0.25) is 10.1 Å². The molecule has 1 N–H and O–H groups in total. The Balaban J connectivity index is 2.99. The molecule has 1 aromatic carbocycles. The number of carbonyl (C=O) groups excluding carboxylic acids is 2. The van der Waals surface area contributed by atoms with E-state index in [1.54, 1.807) is 31.2 Å². The summed E-state index contributed by atoms with van der Waals surface area (Å²) in [5, 5.41) is 11.4. The number of nitrogens with one attached hydrogen (secondary N) is 1. The van der Waals surface area contributed by atoms with Gasteiger partial charge in [-0.2, -0.15) is 5.26 Å². The first-order valence-corrected chi connectivity index (χ1v) is 6.29. The molecule has 0 atom stereocenters. The number of hydrogen-bond acceptors (Lipinski definition) is 4. The van der Waals surface area contributed by atoms with Crippen LogP contribution in [0.4, 0.5) is 4.79 Å². The molecule has 0 radical (unpaired) electrons. The molecule has 0 bridgehead atoms. The molecule has 0 fully saturated rings. The fourth-order valence-electron chi connectivity index (χ4n) is 1.26. The van der Waals surface area contributed by atoms with Crippen LogP contribution in [0.3, 0.4) is 0 Å². The van der Waals surface area contributed by atoms with Crippen LogP contribution in [0.5, 0.6) is 0 Å². The summed E-state index contributed by atoms with van der Waals surface area (Å²) in [6.45, 7) is 1.71. The molecule has 2 amide bonds. The summed E-state index contributed by atoms with van der Waals surface area (Å²) >= 11 is 11.8. The van der Waals surface area contributed by atoms with Gasteiger partial charge in [0.2, 0.25) is 0 Å². The summed E-state index contributed by atoms with van der Waals surface area (Å²) < 4.78 is 4.55. The molecule has 1 aromatic rings. The highest BCUT2D eigenvalue weighted by atomic mass is 35.5. The predicted molar refractivity (Wildman–Crippen MR) is 75.2 cm³/mol. The molecule has 104 valence electrons. The smallest absolute Gasteiger partial charge is 0.414 e. The van der Waals surface area contributed by atoms with Crippen LogP contribution >= 0.6 is 23.2 Å². The van der Waals surface area contributed by atoms with Gasteiger partial charge in [0.05, 0.1) is 16.7 Å². The van der Waals surface area contributed by atoms with E-state index in [0.29, 0.717) is 10.6 Å². The van der Waals surface area contributed by atoms with E-state index >= 15 is 0 Å². The van der Waals surface area contributed by atoms with Gasteiger partial charge in [0.25, 0.3) is 5.91 Å². The Labute approximate surface area is 125 Å². The topological polar surface area (TPSA) is 79.2 Å². The average Bonchev–Trinajstić information content (AvgIpc) is 2.40. The van der Waals surface area contributed by atoms with Crippen molar-refractivity contribution in [1.29, 1.82) is 5.26 Å². The first kappa shape index (κ1) is 16.0. The molecule has 0 aliphatic carbocycles. The lowest BCUT2D eigenvalue weighted by molar-refractivity contribution is -0.116. The van der Waals surface area contributed by atoms with Gasteiger partial charge in [-0.25, -0.2) is 4.79 Å². The largest absolute Gasteiger partial charge is 0.450 e. The normalized spacial score (nSPS) is 10.6. The van der Waals surface area contributed by atoms with E-state index in [-0.39, 0.29) is 17.2 Å². The minimum Gasteiger partial charge on any atom is -0.450 e. The zero-order chi connectivity index (χ0) is 15.1. The summed E-state index contributed by atoms with van der Waals surface area (Å²) in [6.07, 6.45) is 0.318. The Kier molecular flexibility index (Phi) is 6.04. The van der Waals surface area contributed by atoms with Crippen molar-refractivity contribution < 1.29 is 14.3 Å². The van der Waals surface area contributed by atoms with E-state index in [1.807, 2.05) is 5.32 Å². The van der Waals surface area contributed by atoms with Gasteiger partial charge >= 0.3 is 6.09 Å². The van der Waals surface area contributed by atoms with Crippen LogP contribution in [-0.4, -0.2) is 18.6 Å². The number of hydrogen-bond donors (Lipinski definition) is 1. The molecular formula is C13H10Cl2N2O3. The highest BCUT2D eigenvalue weighted by molar-refractivity contribution is 6.43. The lowest BCUT2D eigenvalue weighted by Gasteiger charge is -2.04. The number of amides is 2. The summed E-state index contributed by atoms with van der Waals surface area (Å²) in [7, 11) is 0. The molecule has 20 heavy (non-hydrogen) atoms. The first-order valence-electron chi connectivity index (χ1n) is 5.53. The van der Waals surface area contributed by atoms with E-state index < -0.39 is 12.0 Å². The highest BCUT2D eigenvalue weighted by Crippen LogP contribution is 2.27. The molecule has 0 spiro atoms. The third-order valence-corrected chi connectivity index (χ3v) is 2.97. The zero-order valence-electron chi connectivity index (χ0n) is 10.4. The molecule has 0 saturated heterocycles. The van der Waals surface area contributed by atoms with Crippen molar-refractivity contribution in [3.8, 4) is 6.07 Å². The van der Waals surface area contributed by atoms with Crippen molar-refractivity contribution in [1.82, 2.24) is 5.32 Å². The molecule has 0 aliphatic heterocycles. The molecule has 5 nitrogen and oxygen atoms in total. The van der Waals surface area contributed by atoms with Gasteiger partial charge < -0.3 is 4.74 Å². The van der Waals surface area contributed by atoms with Crippen LogP contribution < -0.4 is 5.32 Å². The maximum atomic E-state index is 11.7. The number of nitrogens with zero attached hydrogens (tertiary/aromatic N) is 1. The molecule has 0 unspecified atom stereocenters. The monoisotopic (exact) mass is 312 g/mol. The lowest BCUT2D eigenvalue weighted by Crippen LogP contribution is -2.31. The third kappa shape index (κ3) is 4.26. The molecule has 1 rings (SSSR count). The Morgan fingerprint density at radius 1 is 1.45 bits per heavy atom. The number of imide groups is 1. The van der Waals surface area contributed by atoms with Crippen molar-refractivity contribution >= 4 is 41.3 Å². The summed E-state index contributed by atoms with van der Waals surface area (Å²) in [5.74, 6) is -0.873. The van der Waals surface area contributed by atoms with E-state index in [0.717, 1.165) is 0 Å². The number of halogens is 2. The summed E-state index contributed by atoms with van der Waals surface area (Å²) in [4.78, 5) is 22.8. The highest BCUT2D eigenvalue weighted by Gasteiger charge is 2.14. The molecule has 0 aromatic heterocycles. The minimum absolute atomic E-state index is 0.116. The van der Waals surface area contributed by atoms with Gasteiger partial charge in [-0.1, -0.05) is 35.3 Å². The number of benzene rings is 1. The Bertz CT molecular complexity index is 606. The molecule has 0 heterocycles. The summed E-state index contributed by atoms with van der Waals surface area (Å²) in [5.41, 5.74) is 0.108. The van der Waals surface area contributed by atoms with Crippen molar-refractivity contribution in [2.45, 2.75) is 6.92 Å². The first-order chi connectivity index (χ1) is 9.49. The SMILES string of the molecule is CCOC(=O)NC(=O)/C(C#N)=C/c1cccc(Cl)c1Cl. The fraction of sp³-hybridized carbons (Fsp3) is 0.154. The quantitative estimate of drug-likeness (QED) is 0.686. The number of ether oxygens (including phenoxy) is 1. The van der Waals surface area contributed by atoms with Gasteiger partial charge in [0, 0.05) is 0 Å². The molecule has 7 heteroatoms. The van der Waals surface area contributed by atoms with Crippen molar-refractivity contribution in [2.24, 2.45) is 0 Å². The number of carbonyl (C=O) groups is 2. The van der Waals surface area contributed by atoms with Crippen molar-refractivity contribution in [3.05, 3.63) is 39.4 Å². The second kappa shape index (κ2) is 7.53. The van der Waals surface area contributed by atoms with Crippen LogP contribution in [0, 0.1) is 11.3 Å². The van der Waals surface area contributed by atoms with Crippen LogP contribution in [-0.2, 0) is 9.53 Å². The summed E-state index contributed by atoms with van der Waals surface area (Å²) in [6, 6.07) is 6.47. The number of rotatable bonds is 3. The number of nitriles is 1. The van der Waals surface area contributed by atoms with Crippen LogP contribution in [0.15, 0.2) is 23.8 Å². The van der Waals surface area contributed by atoms with E-state index in [2.05, 4.69) is 4.74 Å². The minimum atomic E-state index is -0.921. The maximum absolute atomic E-state index is 11.7. The second-order valence-corrected chi connectivity index (χ2v) is 4.27. The predicted octanol–water partition coefficient (Wildman–Crippen LogP) is 3.17. The maximum Gasteiger partial charge on any atom is 0.414 e.